The maximum Gasteiger partial charge on any atom is 0.137 e. The minimum absolute atomic E-state index is 0.149. The number of benzene rings is 2. The molecule has 1 nitrogen and oxygen atoms in total. The van der Waals surface area contributed by atoms with E-state index < -0.39 is 0 Å². The molecule has 1 unspecified atom stereocenters. The van der Waals surface area contributed by atoms with Gasteiger partial charge in [0.15, 0.2) is 0 Å². The van der Waals surface area contributed by atoms with Crippen LogP contribution in [0.2, 0.25) is 5.02 Å². The second kappa shape index (κ2) is 6.51. The SMILES string of the molecule is CNC(Cc1ccc(F)c(Br)c1)c1cccc(Cl)c1. The predicted octanol–water partition coefficient (Wildman–Crippen LogP) is 4.74. The first-order chi connectivity index (χ1) is 9.10. The van der Waals surface area contributed by atoms with Crippen molar-refractivity contribution in [1.29, 1.82) is 0 Å². The molecule has 1 atom stereocenters. The summed E-state index contributed by atoms with van der Waals surface area (Å²) in [6.07, 6.45) is 0.774. The minimum Gasteiger partial charge on any atom is -0.313 e. The molecule has 0 amide bonds. The summed E-state index contributed by atoms with van der Waals surface area (Å²) in [4.78, 5) is 0. The van der Waals surface area contributed by atoms with E-state index in [4.69, 9.17) is 11.6 Å². The summed E-state index contributed by atoms with van der Waals surface area (Å²) in [6, 6.07) is 13.0. The van der Waals surface area contributed by atoms with Crippen LogP contribution in [0.4, 0.5) is 4.39 Å². The number of hydrogen-bond donors (Lipinski definition) is 1. The molecule has 0 saturated carbocycles. The largest absolute Gasteiger partial charge is 0.313 e. The zero-order valence-corrected chi connectivity index (χ0v) is 12.8. The van der Waals surface area contributed by atoms with Gasteiger partial charge in [0.2, 0.25) is 0 Å². The fraction of sp³-hybridized carbons (Fsp3) is 0.200. The van der Waals surface area contributed by atoms with Crippen LogP contribution in [-0.4, -0.2) is 7.05 Å². The first-order valence-corrected chi connectivity index (χ1v) is 7.14. The highest BCUT2D eigenvalue weighted by molar-refractivity contribution is 9.10. The lowest BCUT2D eigenvalue weighted by Gasteiger charge is -2.17. The third-order valence-corrected chi connectivity index (χ3v) is 3.87. The summed E-state index contributed by atoms with van der Waals surface area (Å²) < 4.78 is 13.7. The van der Waals surface area contributed by atoms with Crippen molar-refractivity contribution in [3.8, 4) is 0 Å². The first-order valence-electron chi connectivity index (χ1n) is 5.97. The van der Waals surface area contributed by atoms with Gasteiger partial charge in [0, 0.05) is 11.1 Å². The van der Waals surface area contributed by atoms with Crippen LogP contribution in [0, 0.1) is 5.82 Å². The molecule has 2 aromatic rings. The van der Waals surface area contributed by atoms with Gasteiger partial charge in [-0.1, -0.05) is 29.8 Å². The van der Waals surface area contributed by atoms with Crippen molar-refractivity contribution in [2.75, 3.05) is 7.05 Å². The molecule has 0 aliphatic rings. The normalized spacial score (nSPS) is 12.4. The van der Waals surface area contributed by atoms with Crippen LogP contribution in [0.3, 0.4) is 0 Å². The Kier molecular flexibility index (Phi) is 4.97. The Balaban J connectivity index is 2.21. The van der Waals surface area contributed by atoms with Gasteiger partial charge in [0.25, 0.3) is 0 Å². The number of likely N-dealkylation sites (N-methyl/N-ethyl adjacent to an activating group) is 1. The quantitative estimate of drug-likeness (QED) is 0.846. The van der Waals surface area contributed by atoms with E-state index in [0.717, 1.165) is 22.6 Å². The van der Waals surface area contributed by atoms with E-state index in [1.54, 1.807) is 6.07 Å². The molecule has 0 heterocycles. The fourth-order valence-electron chi connectivity index (χ4n) is 2.01. The standard InChI is InChI=1S/C15H14BrClFN/c1-19-15(11-3-2-4-12(17)9-11)8-10-5-6-14(18)13(16)7-10/h2-7,9,15,19H,8H2,1H3. The Morgan fingerprint density at radius 2 is 2.05 bits per heavy atom. The van der Waals surface area contributed by atoms with E-state index in [-0.39, 0.29) is 11.9 Å². The fourth-order valence-corrected chi connectivity index (χ4v) is 2.64. The second-order valence-electron chi connectivity index (χ2n) is 4.35. The molecule has 0 aliphatic heterocycles. The molecule has 0 saturated heterocycles. The van der Waals surface area contributed by atoms with Gasteiger partial charge in [-0.05, 0) is 64.8 Å². The van der Waals surface area contributed by atoms with Crippen LogP contribution < -0.4 is 5.32 Å². The number of rotatable bonds is 4. The van der Waals surface area contributed by atoms with Gasteiger partial charge in [0.05, 0.1) is 4.47 Å². The Morgan fingerprint density at radius 3 is 2.68 bits per heavy atom. The van der Waals surface area contributed by atoms with Gasteiger partial charge in [-0.2, -0.15) is 0 Å². The van der Waals surface area contributed by atoms with Crippen LogP contribution in [0.25, 0.3) is 0 Å². The van der Waals surface area contributed by atoms with Crippen molar-refractivity contribution >= 4 is 27.5 Å². The summed E-state index contributed by atoms with van der Waals surface area (Å²) in [5.74, 6) is -0.243. The Bertz CT molecular complexity index is 574. The molecule has 2 rings (SSSR count). The van der Waals surface area contributed by atoms with Crippen molar-refractivity contribution < 1.29 is 4.39 Å². The van der Waals surface area contributed by atoms with Gasteiger partial charge in [-0.15, -0.1) is 0 Å². The van der Waals surface area contributed by atoms with Gasteiger partial charge >= 0.3 is 0 Å². The van der Waals surface area contributed by atoms with Crippen LogP contribution in [0.1, 0.15) is 17.2 Å². The Labute approximate surface area is 125 Å². The molecule has 0 radical (unpaired) electrons. The van der Waals surface area contributed by atoms with Crippen molar-refractivity contribution in [2.45, 2.75) is 12.5 Å². The summed E-state index contributed by atoms with van der Waals surface area (Å²) in [5.41, 5.74) is 2.18. The average Bonchev–Trinajstić information content (AvgIpc) is 2.40. The van der Waals surface area contributed by atoms with Gasteiger partial charge in [0.1, 0.15) is 5.82 Å². The van der Waals surface area contributed by atoms with E-state index in [1.807, 2.05) is 37.4 Å². The van der Waals surface area contributed by atoms with E-state index >= 15 is 0 Å². The Morgan fingerprint density at radius 1 is 1.26 bits per heavy atom. The number of halogens is 3. The molecule has 2 aromatic carbocycles. The van der Waals surface area contributed by atoms with Crippen molar-refractivity contribution in [1.82, 2.24) is 5.32 Å². The molecular weight excluding hydrogens is 329 g/mol. The highest BCUT2D eigenvalue weighted by Crippen LogP contribution is 2.24. The monoisotopic (exact) mass is 341 g/mol. The average molecular weight is 343 g/mol. The van der Waals surface area contributed by atoms with Gasteiger partial charge in [-0.25, -0.2) is 4.39 Å². The molecule has 0 bridgehead atoms. The van der Waals surface area contributed by atoms with Crippen LogP contribution >= 0.6 is 27.5 Å². The van der Waals surface area contributed by atoms with Crippen molar-refractivity contribution in [3.05, 3.63) is 68.9 Å². The predicted molar refractivity (Wildman–Crippen MR) is 81.1 cm³/mol. The molecular formula is C15H14BrClFN. The van der Waals surface area contributed by atoms with E-state index in [2.05, 4.69) is 21.2 Å². The van der Waals surface area contributed by atoms with Crippen molar-refractivity contribution in [2.24, 2.45) is 0 Å². The molecule has 0 fully saturated rings. The summed E-state index contributed by atoms with van der Waals surface area (Å²) in [6.45, 7) is 0. The first kappa shape index (κ1) is 14.5. The molecule has 19 heavy (non-hydrogen) atoms. The highest BCUT2D eigenvalue weighted by atomic mass is 79.9. The van der Waals surface area contributed by atoms with E-state index in [9.17, 15) is 4.39 Å². The van der Waals surface area contributed by atoms with Gasteiger partial charge in [-0.3, -0.25) is 0 Å². The Hall–Kier alpha value is -0.900. The molecule has 4 heteroatoms. The second-order valence-corrected chi connectivity index (χ2v) is 5.64. The highest BCUT2D eigenvalue weighted by Gasteiger charge is 2.11. The zero-order chi connectivity index (χ0) is 13.8. The molecule has 0 aromatic heterocycles. The van der Waals surface area contributed by atoms with Crippen LogP contribution in [-0.2, 0) is 6.42 Å². The van der Waals surface area contributed by atoms with Gasteiger partial charge < -0.3 is 5.32 Å². The molecule has 0 spiro atoms. The zero-order valence-electron chi connectivity index (χ0n) is 10.5. The van der Waals surface area contributed by atoms with Crippen LogP contribution in [0.15, 0.2) is 46.9 Å². The topological polar surface area (TPSA) is 12.0 Å². The number of nitrogens with one attached hydrogen (secondary N) is 1. The van der Waals surface area contributed by atoms with Crippen LogP contribution in [0.5, 0.6) is 0 Å². The third-order valence-electron chi connectivity index (χ3n) is 3.02. The maximum atomic E-state index is 13.2. The smallest absolute Gasteiger partial charge is 0.137 e. The van der Waals surface area contributed by atoms with E-state index in [1.165, 1.54) is 6.07 Å². The molecule has 100 valence electrons. The van der Waals surface area contributed by atoms with Crippen molar-refractivity contribution in [3.63, 3.8) is 0 Å². The maximum absolute atomic E-state index is 13.2. The van der Waals surface area contributed by atoms with E-state index in [0.29, 0.717) is 4.47 Å². The molecule has 0 aliphatic carbocycles. The summed E-state index contributed by atoms with van der Waals surface area (Å²) in [5, 5.41) is 3.98. The lowest BCUT2D eigenvalue weighted by Crippen LogP contribution is -2.18. The lowest BCUT2D eigenvalue weighted by molar-refractivity contribution is 0.587. The number of hydrogen-bond acceptors (Lipinski definition) is 1. The minimum atomic E-state index is -0.243. The summed E-state index contributed by atoms with van der Waals surface area (Å²) in [7, 11) is 1.91. The lowest BCUT2D eigenvalue weighted by atomic mass is 9.99. The summed E-state index contributed by atoms with van der Waals surface area (Å²) >= 11 is 9.22. The third kappa shape index (κ3) is 3.78. The molecule has 1 N–H and O–H groups in total.